The highest BCUT2D eigenvalue weighted by Gasteiger charge is 2.36. The van der Waals surface area contributed by atoms with Crippen LogP contribution in [0, 0.1) is 12.8 Å². The van der Waals surface area contributed by atoms with Gasteiger partial charge in [0, 0.05) is 44.2 Å². The molecule has 1 saturated carbocycles. The molecule has 2 atom stereocenters. The molecule has 2 aromatic rings. The first-order chi connectivity index (χ1) is 12.6. The molecule has 1 saturated heterocycles. The van der Waals surface area contributed by atoms with E-state index in [4.69, 9.17) is 4.52 Å². The number of aryl methyl sites for hydroxylation is 2. The molecule has 26 heavy (non-hydrogen) atoms. The molecule has 1 aliphatic heterocycles. The number of rotatable bonds is 4. The number of amides is 1. The molecule has 0 spiro atoms. The van der Waals surface area contributed by atoms with Gasteiger partial charge < -0.3 is 15.2 Å². The average molecular weight is 358 g/mol. The molecule has 2 fully saturated rings. The third-order valence-electron chi connectivity index (χ3n) is 5.67. The molecule has 4 rings (SSSR count). The van der Waals surface area contributed by atoms with Crippen LogP contribution in [-0.2, 0) is 11.8 Å². The fourth-order valence-electron chi connectivity index (χ4n) is 4.21. The van der Waals surface area contributed by atoms with Crippen LogP contribution in [0.2, 0.25) is 0 Å². The first-order valence-electron chi connectivity index (χ1n) is 9.40. The standard InChI is InChI=1S/C18H26N6O2/c1-11-21-18(26-23-11)12-3-5-14(6-4-12)22-17(25)16-9-19-8-15(16)13-7-20-24(2)10-13/h7,10,12,14-16,19H,3-6,8-9H2,1-2H3,(H,22,25)/t12?,14?,15-,16+/m1/s1. The highest BCUT2D eigenvalue weighted by molar-refractivity contribution is 5.80. The summed E-state index contributed by atoms with van der Waals surface area (Å²) in [6.45, 7) is 3.39. The van der Waals surface area contributed by atoms with Gasteiger partial charge in [0.2, 0.25) is 11.8 Å². The van der Waals surface area contributed by atoms with Gasteiger partial charge in [-0.2, -0.15) is 10.1 Å². The highest BCUT2D eigenvalue weighted by Crippen LogP contribution is 2.33. The predicted molar refractivity (Wildman–Crippen MR) is 94.5 cm³/mol. The van der Waals surface area contributed by atoms with Gasteiger partial charge in [0.25, 0.3) is 0 Å². The smallest absolute Gasteiger partial charge is 0.229 e. The van der Waals surface area contributed by atoms with Crippen molar-refractivity contribution in [1.82, 2.24) is 30.6 Å². The molecule has 0 aromatic carbocycles. The van der Waals surface area contributed by atoms with Gasteiger partial charge in [-0.15, -0.1) is 0 Å². The van der Waals surface area contributed by atoms with Crippen LogP contribution in [0.25, 0.3) is 0 Å². The van der Waals surface area contributed by atoms with Crippen LogP contribution in [0.1, 0.15) is 54.8 Å². The van der Waals surface area contributed by atoms with E-state index in [9.17, 15) is 4.79 Å². The van der Waals surface area contributed by atoms with Crippen LogP contribution >= 0.6 is 0 Å². The van der Waals surface area contributed by atoms with Gasteiger partial charge >= 0.3 is 0 Å². The number of aromatic nitrogens is 4. The van der Waals surface area contributed by atoms with Crippen molar-refractivity contribution in [3.8, 4) is 0 Å². The SMILES string of the molecule is Cc1noc(C2CCC(NC(=O)[C@H]3CNC[C@@H]3c3cnn(C)c3)CC2)n1. The van der Waals surface area contributed by atoms with Crippen LogP contribution in [0.4, 0.5) is 0 Å². The van der Waals surface area contributed by atoms with Crippen LogP contribution < -0.4 is 10.6 Å². The van der Waals surface area contributed by atoms with Crippen molar-refractivity contribution >= 4 is 5.91 Å². The second-order valence-electron chi connectivity index (χ2n) is 7.56. The molecular formula is C18H26N6O2. The van der Waals surface area contributed by atoms with Crippen LogP contribution in [0.3, 0.4) is 0 Å². The summed E-state index contributed by atoms with van der Waals surface area (Å²) in [5.41, 5.74) is 1.13. The lowest BCUT2D eigenvalue weighted by molar-refractivity contribution is -0.125. The fraction of sp³-hybridized carbons (Fsp3) is 0.667. The molecule has 3 heterocycles. The van der Waals surface area contributed by atoms with E-state index in [1.807, 2.05) is 26.4 Å². The Balaban J connectivity index is 1.32. The minimum Gasteiger partial charge on any atom is -0.353 e. The Bertz CT molecular complexity index is 761. The maximum absolute atomic E-state index is 12.8. The summed E-state index contributed by atoms with van der Waals surface area (Å²) < 4.78 is 7.10. The quantitative estimate of drug-likeness (QED) is 0.854. The Morgan fingerprint density at radius 2 is 2.12 bits per heavy atom. The van der Waals surface area contributed by atoms with Crippen LogP contribution in [-0.4, -0.2) is 45.0 Å². The highest BCUT2D eigenvalue weighted by atomic mass is 16.5. The monoisotopic (exact) mass is 358 g/mol. The Labute approximate surface area is 152 Å². The molecule has 0 bridgehead atoms. The van der Waals surface area contributed by atoms with Crippen molar-refractivity contribution < 1.29 is 9.32 Å². The minimum atomic E-state index is -0.0319. The van der Waals surface area contributed by atoms with Crippen molar-refractivity contribution in [2.24, 2.45) is 13.0 Å². The summed E-state index contributed by atoms with van der Waals surface area (Å²) in [7, 11) is 1.91. The number of nitrogens with zero attached hydrogens (tertiary/aromatic N) is 4. The zero-order valence-corrected chi connectivity index (χ0v) is 15.3. The molecule has 2 aliphatic rings. The van der Waals surface area contributed by atoms with E-state index in [2.05, 4.69) is 25.9 Å². The number of nitrogens with one attached hydrogen (secondary N) is 2. The summed E-state index contributed by atoms with van der Waals surface area (Å²) in [6.07, 6.45) is 7.74. The second kappa shape index (κ2) is 7.19. The number of hydrogen-bond donors (Lipinski definition) is 2. The van der Waals surface area contributed by atoms with Gasteiger partial charge in [-0.3, -0.25) is 9.48 Å². The van der Waals surface area contributed by atoms with E-state index in [1.165, 1.54) is 0 Å². The fourth-order valence-corrected chi connectivity index (χ4v) is 4.21. The Morgan fingerprint density at radius 3 is 2.77 bits per heavy atom. The molecular weight excluding hydrogens is 332 g/mol. The van der Waals surface area contributed by atoms with Gasteiger partial charge in [-0.05, 0) is 38.2 Å². The lowest BCUT2D eigenvalue weighted by atomic mass is 9.85. The number of hydrogen-bond acceptors (Lipinski definition) is 6. The molecule has 0 radical (unpaired) electrons. The van der Waals surface area contributed by atoms with Crippen LogP contribution in [0.5, 0.6) is 0 Å². The van der Waals surface area contributed by atoms with E-state index in [-0.39, 0.29) is 23.8 Å². The van der Waals surface area contributed by atoms with E-state index in [0.717, 1.165) is 50.2 Å². The summed E-state index contributed by atoms with van der Waals surface area (Å²) in [5, 5.41) is 14.8. The van der Waals surface area contributed by atoms with Crippen molar-refractivity contribution in [2.75, 3.05) is 13.1 Å². The lowest BCUT2D eigenvalue weighted by Crippen LogP contribution is -2.42. The van der Waals surface area contributed by atoms with E-state index in [1.54, 1.807) is 4.68 Å². The average Bonchev–Trinajstić information content (AvgIpc) is 3.35. The molecule has 140 valence electrons. The zero-order valence-electron chi connectivity index (χ0n) is 15.3. The van der Waals surface area contributed by atoms with Gasteiger partial charge in [0.05, 0.1) is 12.1 Å². The topological polar surface area (TPSA) is 97.9 Å². The van der Waals surface area contributed by atoms with E-state index >= 15 is 0 Å². The molecule has 0 unspecified atom stereocenters. The summed E-state index contributed by atoms with van der Waals surface area (Å²) in [4.78, 5) is 17.2. The van der Waals surface area contributed by atoms with Crippen molar-refractivity contribution in [3.05, 3.63) is 29.7 Å². The Kier molecular flexibility index (Phi) is 4.76. The largest absolute Gasteiger partial charge is 0.353 e. The minimum absolute atomic E-state index is 0.0319. The number of carbonyl (C=O) groups excluding carboxylic acids is 1. The van der Waals surface area contributed by atoms with E-state index in [0.29, 0.717) is 11.7 Å². The third kappa shape index (κ3) is 3.51. The maximum Gasteiger partial charge on any atom is 0.229 e. The Hall–Kier alpha value is -2.22. The number of carbonyl (C=O) groups is 1. The molecule has 1 amide bonds. The third-order valence-corrected chi connectivity index (χ3v) is 5.67. The summed E-state index contributed by atoms with van der Waals surface area (Å²) in [6, 6.07) is 0.234. The zero-order chi connectivity index (χ0) is 18.1. The molecule has 8 nitrogen and oxygen atoms in total. The Morgan fingerprint density at radius 1 is 1.31 bits per heavy atom. The van der Waals surface area contributed by atoms with Gasteiger partial charge in [-0.25, -0.2) is 0 Å². The second-order valence-corrected chi connectivity index (χ2v) is 7.56. The normalized spacial score (nSPS) is 29.0. The van der Waals surface area contributed by atoms with Crippen molar-refractivity contribution in [2.45, 2.75) is 50.5 Å². The van der Waals surface area contributed by atoms with Gasteiger partial charge in [0.15, 0.2) is 5.82 Å². The molecule has 2 aromatic heterocycles. The van der Waals surface area contributed by atoms with Crippen LogP contribution in [0.15, 0.2) is 16.9 Å². The first-order valence-corrected chi connectivity index (χ1v) is 9.40. The molecule has 8 heteroatoms. The summed E-state index contributed by atoms with van der Waals surface area (Å²) >= 11 is 0. The lowest BCUT2D eigenvalue weighted by Gasteiger charge is -2.28. The molecule has 2 N–H and O–H groups in total. The van der Waals surface area contributed by atoms with Gasteiger partial charge in [0.1, 0.15) is 0 Å². The maximum atomic E-state index is 12.8. The molecule has 1 aliphatic carbocycles. The van der Waals surface area contributed by atoms with Crippen molar-refractivity contribution in [3.63, 3.8) is 0 Å². The summed E-state index contributed by atoms with van der Waals surface area (Å²) in [5.74, 6) is 2.06. The van der Waals surface area contributed by atoms with Crippen molar-refractivity contribution in [1.29, 1.82) is 0 Å². The van der Waals surface area contributed by atoms with E-state index < -0.39 is 0 Å². The first kappa shape index (κ1) is 17.2. The van der Waals surface area contributed by atoms with Gasteiger partial charge in [-0.1, -0.05) is 5.16 Å². The predicted octanol–water partition coefficient (Wildman–Crippen LogP) is 1.26.